The number of benzene rings is 1. The molecule has 0 spiro atoms. The molecule has 6 nitrogen and oxygen atoms in total. The molecule has 1 aliphatic carbocycles. The van der Waals surface area contributed by atoms with Crippen LogP contribution in [0.1, 0.15) is 24.8 Å². The van der Waals surface area contributed by atoms with E-state index >= 15 is 0 Å². The van der Waals surface area contributed by atoms with Gasteiger partial charge in [0.05, 0.1) is 5.69 Å². The van der Waals surface area contributed by atoms with Crippen LogP contribution in [-0.2, 0) is 10.2 Å². The topological polar surface area (TPSA) is 69.9 Å². The Morgan fingerprint density at radius 2 is 1.88 bits per heavy atom. The summed E-state index contributed by atoms with van der Waals surface area (Å²) in [5.41, 5.74) is 8.18. The summed E-state index contributed by atoms with van der Waals surface area (Å²) in [6, 6.07) is 6.95. The van der Waals surface area contributed by atoms with E-state index in [1.54, 1.807) is 4.90 Å². The number of nitrogens with two attached hydrogens (primary N) is 1. The summed E-state index contributed by atoms with van der Waals surface area (Å²) >= 11 is 0. The van der Waals surface area contributed by atoms with Crippen LogP contribution in [0, 0.1) is 0 Å². The van der Waals surface area contributed by atoms with Gasteiger partial charge in [-0.1, -0.05) is 12.1 Å². The van der Waals surface area contributed by atoms with Gasteiger partial charge in [0.1, 0.15) is 6.04 Å². The number of fused-ring (bicyclic) bond motifs is 1. The fourth-order valence-electron chi connectivity index (χ4n) is 4.20. The molecule has 3 aliphatic rings. The maximum absolute atomic E-state index is 12.6. The van der Waals surface area contributed by atoms with E-state index in [1.807, 2.05) is 12.1 Å². The number of rotatable bonds is 4. The third-order valence-electron chi connectivity index (χ3n) is 5.57. The number of likely N-dealkylation sites (N-methyl/N-ethyl adjacent to an activating group) is 1. The molecule has 2 atom stereocenters. The standard InChI is InChI=1S/C18H24N4O2/c1-20(2)11-18(8-9-18)12-3-5-13(6-4-12)22-16(23)15-14(19)7-10-21(15)17(22)24/h3-6,14-15H,7-11,19H2,1-2H3/t14-,15+/m1/s1. The third kappa shape index (κ3) is 2.24. The lowest BCUT2D eigenvalue weighted by Crippen LogP contribution is -2.41. The van der Waals surface area contributed by atoms with E-state index in [4.69, 9.17) is 5.73 Å². The number of urea groups is 1. The molecule has 0 bridgehead atoms. The molecule has 2 aliphatic heterocycles. The highest BCUT2D eigenvalue weighted by molar-refractivity contribution is 6.21. The first-order valence-electron chi connectivity index (χ1n) is 8.58. The number of carbonyl (C=O) groups is 2. The predicted molar refractivity (Wildman–Crippen MR) is 91.9 cm³/mol. The molecule has 2 saturated heterocycles. The second-order valence-corrected chi connectivity index (χ2v) is 7.61. The van der Waals surface area contributed by atoms with Crippen molar-refractivity contribution < 1.29 is 9.59 Å². The van der Waals surface area contributed by atoms with Gasteiger partial charge in [0.25, 0.3) is 5.91 Å². The molecule has 1 aromatic carbocycles. The predicted octanol–water partition coefficient (Wildman–Crippen LogP) is 1.15. The number of hydrogen-bond acceptors (Lipinski definition) is 4. The van der Waals surface area contributed by atoms with Crippen molar-refractivity contribution in [1.29, 1.82) is 0 Å². The quantitative estimate of drug-likeness (QED) is 0.842. The van der Waals surface area contributed by atoms with Gasteiger partial charge in [-0.05, 0) is 51.1 Å². The lowest BCUT2D eigenvalue weighted by molar-refractivity contribution is -0.119. The number of imide groups is 1. The van der Waals surface area contributed by atoms with E-state index in [0.717, 1.165) is 6.54 Å². The maximum atomic E-state index is 12.6. The Balaban J connectivity index is 1.58. The summed E-state index contributed by atoms with van der Waals surface area (Å²) in [5, 5.41) is 0. The van der Waals surface area contributed by atoms with Crippen molar-refractivity contribution in [1.82, 2.24) is 9.80 Å². The average molecular weight is 328 g/mol. The molecule has 3 amide bonds. The minimum absolute atomic E-state index is 0.188. The summed E-state index contributed by atoms with van der Waals surface area (Å²) in [5.74, 6) is -0.188. The van der Waals surface area contributed by atoms with Crippen LogP contribution >= 0.6 is 0 Å². The van der Waals surface area contributed by atoms with Crippen molar-refractivity contribution in [3.63, 3.8) is 0 Å². The van der Waals surface area contributed by atoms with Crippen LogP contribution in [0.3, 0.4) is 0 Å². The zero-order chi connectivity index (χ0) is 17.1. The van der Waals surface area contributed by atoms with E-state index < -0.39 is 6.04 Å². The van der Waals surface area contributed by atoms with Gasteiger partial charge in [0.15, 0.2) is 0 Å². The lowest BCUT2D eigenvalue weighted by Gasteiger charge is -2.22. The molecule has 0 unspecified atom stereocenters. The molecule has 128 valence electrons. The van der Waals surface area contributed by atoms with Crippen LogP contribution in [-0.4, -0.2) is 61.0 Å². The molecule has 3 fully saturated rings. The summed E-state index contributed by atoms with van der Waals surface area (Å²) in [6.07, 6.45) is 3.08. The fourth-order valence-corrected chi connectivity index (χ4v) is 4.20. The van der Waals surface area contributed by atoms with Gasteiger partial charge in [-0.3, -0.25) is 4.79 Å². The maximum Gasteiger partial charge on any atom is 0.332 e. The average Bonchev–Trinajstić information content (AvgIpc) is 3.13. The largest absolute Gasteiger partial charge is 0.332 e. The summed E-state index contributed by atoms with van der Waals surface area (Å²) in [6.45, 7) is 1.59. The third-order valence-corrected chi connectivity index (χ3v) is 5.57. The van der Waals surface area contributed by atoms with E-state index in [0.29, 0.717) is 18.7 Å². The Morgan fingerprint density at radius 3 is 2.42 bits per heavy atom. The molecule has 24 heavy (non-hydrogen) atoms. The normalized spacial score (nSPS) is 28.0. The van der Waals surface area contributed by atoms with Crippen LogP contribution < -0.4 is 10.6 Å². The Bertz CT molecular complexity index is 681. The molecular weight excluding hydrogens is 304 g/mol. The van der Waals surface area contributed by atoms with Crippen molar-refractivity contribution in [3.05, 3.63) is 29.8 Å². The van der Waals surface area contributed by atoms with Crippen LogP contribution in [0.15, 0.2) is 24.3 Å². The minimum Gasteiger partial charge on any atom is -0.325 e. The molecule has 1 saturated carbocycles. The Hall–Kier alpha value is -1.92. The first-order valence-corrected chi connectivity index (χ1v) is 8.58. The molecule has 2 N–H and O–H groups in total. The fraction of sp³-hybridized carbons (Fsp3) is 0.556. The van der Waals surface area contributed by atoms with Crippen LogP contribution in [0.4, 0.5) is 10.5 Å². The van der Waals surface area contributed by atoms with Crippen molar-refractivity contribution >= 4 is 17.6 Å². The zero-order valence-electron chi connectivity index (χ0n) is 14.2. The number of carbonyl (C=O) groups excluding carboxylic acids is 2. The van der Waals surface area contributed by atoms with Gasteiger partial charge in [-0.2, -0.15) is 0 Å². The molecule has 2 heterocycles. The van der Waals surface area contributed by atoms with Crippen LogP contribution in [0.5, 0.6) is 0 Å². The molecule has 4 rings (SSSR count). The molecule has 0 radical (unpaired) electrons. The van der Waals surface area contributed by atoms with Crippen LogP contribution in [0.2, 0.25) is 0 Å². The Morgan fingerprint density at radius 1 is 1.21 bits per heavy atom. The highest BCUT2D eigenvalue weighted by Gasteiger charge is 2.52. The molecular formula is C18H24N4O2. The van der Waals surface area contributed by atoms with Crippen molar-refractivity contribution in [2.75, 3.05) is 32.1 Å². The van der Waals surface area contributed by atoms with Crippen molar-refractivity contribution in [3.8, 4) is 0 Å². The highest BCUT2D eigenvalue weighted by atomic mass is 16.2. The highest BCUT2D eigenvalue weighted by Crippen LogP contribution is 2.48. The molecule has 6 heteroatoms. The second-order valence-electron chi connectivity index (χ2n) is 7.61. The SMILES string of the molecule is CN(C)CC1(c2ccc(N3C(=O)[C@@H]4[C@H](N)CCN4C3=O)cc2)CC1. The van der Waals surface area contributed by atoms with Gasteiger partial charge < -0.3 is 15.5 Å². The van der Waals surface area contributed by atoms with E-state index in [-0.39, 0.29) is 23.4 Å². The van der Waals surface area contributed by atoms with Gasteiger partial charge in [-0.25, -0.2) is 9.69 Å². The Kier molecular flexibility index (Phi) is 3.44. The van der Waals surface area contributed by atoms with Gasteiger partial charge in [0, 0.05) is 24.5 Å². The smallest absolute Gasteiger partial charge is 0.325 e. The van der Waals surface area contributed by atoms with Crippen molar-refractivity contribution in [2.24, 2.45) is 5.73 Å². The molecule has 0 aromatic heterocycles. The zero-order valence-corrected chi connectivity index (χ0v) is 14.2. The summed E-state index contributed by atoms with van der Waals surface area (Å²) in [7, 11) is 4.18. The first kappa shape index (κ1) is 15.6. The number of anilines is 1. The van der Waals surface area contributed by atoms with Gasteiger partial charge in [-0.15, -0.1) is 0 Å². The molecule has 1 aromatic rings. The first-order chi connectivity index (χ1) is 11.4. The number of hydrogen-bond donors (Lipinski definition) is 1. The van der Waals surface area contributed by atoms with E-state index in [9.17, 15) is 9.59 Å². The van der Waals surface area contributed by atoms with Gasteiger partial charge in [0.2, 0.25) is 0 Å². The van der Waals surface area contributed by atoms with Crippen molar-refractivity contribution in [2.45, 2.75) is 36.8 Å². The minimum atomic E-state index is -0.485. The summed E-state index contributed by atoms with van der Waals surface area (Å²) < 4.78 is 0. The number of nitrogens with zero attached hydrogens (tertiary/aromatic N) is 3. The van der Waals surface area contributed by atoms with E-state index in [2.05, 4.69) is 31.1 Å². The monoisotopic (exact) mass is 328 g/mol. The Labute approximate surface area is 142 Å². The van der Waals surface area contributed by atoms with Crippen LogP contribution in [0.25, 0.3) is 0 Å². The lowest BCUT2D eigenvalue weighted by atomic mass is 9.95. The number of amides is 3. The van der Waals surface area contributed by atoms with E-state index in [1.165, 1.54) is 23.3 Å². The van der Waals surface area contributed by atoms with Gasteiger partial charge >= 0.3 is 6.03 Å². The second kappa shape index (κ2) is 5.29. The summed E-state index contributed by atoms with van der Waals surface area (Å²) in [4.78, 5) is 30.3.